The number of hydrogen-bond acceptors (Lipinski definition) is 9. The minimum absolute atomic E-state index is 0.0185. The van der Waals surface area contributed by atoms with Crippen LogP contribution in [-0.2, 0) is 35.2 Å². The predicted molar refractivity (Wildman–Crippen MR) is 208 cm³/mol. The molecule has 300 valence electrons. The Morgan fingerprint density at radius 1 is 0.891 bits per heavy atom. The largest absolute Gasteiger partial charge is 0.345 e. The highest BCUT2D eigenvalue weighted by molar-refractivity contribution is 7.09. The van der Waals surface area contributed by atoms with Gasteiger partial charge in [0.25, 0.3) is 5.91 Å². The molecule has 55 heavy (non-hydrogen) atoms. The van der Waals surface area contributed by atoms with Crippen LogP contribution in [0.15, 0.2) is 35.7 Å². The molecule has 2 aliphatic rings. The summed E-state index contributed by atoms with van der Waals surface area (Å²) < 4.78 is 0. The molecule has 1 aromatic carbocycles. The van der Waals surface area contributed by atoms with Gasteiger partial charge in [-0.3, -0.25) is 33.6 Å². The lowest BCUT2D eigenvalue weighted by molar-refractivity contribution is -0.140. The fourth-order valence-electron chi connectivity index (χ4n) is 6.75. The molecule has 1 saturated carbocycles. The molecule has 0 spiro atoms. The normalized spacial score (nSPS) is 22.9. The summed E-state index contributed by atoms with van der Waals surface area (Å²) in [5.41, 5.74) is 0.946. The molecule has 16 heteroatoms. The Morgan fingerprint density at radius 3 is 2.25 bits per heavy atom. The zero-order chi connectivity index (χ0) is 40.2. The van der Waals surface area contributed by atoms with E-state index in [1.807, 2.05) is 30.3 Å². The zero-order valence-electron chi connectivity index (χ0n) is 32.8. The second-order valence-electron chi connectivity index (χ2n) is 14.9. The second-order valence-corrected chi connectivity index (χ2v) is 15.8. The lowest BCUT2D eigenvalue weighted by Gasteiger charge is -2.31. The van der Waals surface area contributed by atoms with Gasteiger partial charge >= 0.3 is 0 Å². The molecule has 7 amide bonds. The number of carbonyl (C=O) groups is 7. The maximum Gasteiger partial charge on any atom is 0.271 e. The van der Waals surface area contributed by atoms with Gasteiger partial charge in [0.1, 0.15) is 28.8 Å². The molecule has 1 aliphatic carbocycles. The van der Waals surface area contributed by atoms with E-state index in [9.17, 15) is 33.6 Å². The maximum atomic E-state index is 13.8. The first-order valence-electron chi connectivity index (χ1n) is 19.1. The van der Waals surface area contributed by atoms with Gasteiger partial charge in [0.05, 0.1) is 12.6 Å². The van der Waals surface area contributed by atoms with Crippen molar-refractivity contribution in [3.8, 4) is 0 Å². The average molecular weight is 781 g/mol. The van der Waals surface area contributed by atoms with Gasteiger partial charge in [-0.15, -0.1) is 11.3 Å². The number of thiazole rings is 1. The molecule has 2 bridgehead atoms. The van der Waals surface area contributed by atoms with E-state index in [-0.39, 0.29) is 56.0 Å². The molecule has 1 aromatic heterocycles. The standard InChI is InChI=1S/C39H56N8O7S/c1-24(2)34-37(53)41-26(4)39(54)45(5)19-20-47(33(50)18-17-32(49)46(6)28-15-11-8-12-16-28)22-31(48)42-29(21-27-13-9-7-10-14-27)38-43-30(23-55-38)36(52)40-25(3)35(51)44-34/h7,9-10,13-14,23-26,28-29,34H,8,11-12,15-22H2,1-6H3,(H,40,52)(H,41,53)(H,42,48)(H,44,51)/t25-,26+,29-,34-/m0/s1. The third-order valence-electron chi connectivity index (χ3n) is 10.2. The Morgan fingerprint density at radius 2 is 1.58 bits per heavy atom. The smallest absolute Gasteiger partial charge is 0.271 e. The number of carbonyl (C=O) groups excluding carboxylic acids is 7. The fourth-order valence-corrected chi connectivity index (χ4v) is 7.60. The molecule has 1 aliphatic heterocycles. The van der Waals surface area contributed by atoms with Crippen molar-refractivity contribution in [1.29, 1.82) is 0 Å². The van der Waals surface area contributed by atoms with Crippen molar-refractivity contribution in [2.24, 2.45) is 5.92 Å². The topological polar surface area (TPSA) is 190 Å². The molecule has 1 fully saturated rings. The first kappa shape index (κ1) is 42.9. The number of likely N-dealkylation sites (N-methyl/N-ethyl adjacent to an activating group) is 1. The van der Waals surface area contributed by atoms with Gasteiger partial charge in [-0.2, -0.15) is 0 Å². The molecule has 0 radical (unpaired) electrons. The number of hydrogen-bond donors (Lipinski definition) is 4. The van der Waals surface area contributed by atoms with Crippen molar-refractivity contribution < 1.29 is 33.6 Å². The second kappa shape index (κ2) is 20.2. The summed E-state index contributed by atoms with van der Waals surface area (Å²) in [6.07, 6.45) is 5.34. The van der Waals surface area contributed by atoms with Gasteiger partial charge in [0.2, 0.25) is 35.4 Å². The molecule has 15 nitrogen and oxygen atoms in total. The van der Waals surface area contributed by atoms with E-state index in [0.717, 1.165) is 37.7 Å². The lowest BCUT2D eigenvalue weighted by atomic mass is 9.94. The summed E-state index contributed by atoms with van der Waals surface area (Å²) in [6, 6.07) is 5.88. The number of amides is 7. The number of fused-ring (bicyclic) bond motifs is 2. The zero-order valence-corrected chi connectivity index (χ0v) is 33.6. The van der Waals surface area contributed by atoms with E-state index in [0.29, 0.717) is 11.4 Å². The van der Waals surface area contributed by atoms with E-state index in [4.69, 9.17) is 0 Å². The van der Waals surface area contributed by atoms with Crippen molar-refractivity contribution in [1.82, 2.24) is 41.0 Å². The molecular weight excluding hydrogens is 725 g/mol. The Labute approximate surface area is 327 Å². The Bertz CT molecular complexity index is 1680. The SMILES string of the molecule is CC(C)[C@@H]1NC(=O)[C@H](C)NC(=O)c2csc(n2)[C@H](Cc2ccccc2)NC(=O)CN(C(=O)CCC(=O)N(C)C2CCCCC2)CCN(C)C(=O)[C@@H](C)NC1=O. The summed E-state index contributed by atoms with van der Waals surface area (Å²) in [7, 11) is 3.31. The Hall–Kier alpha value is -4.86. The van der Waals surface area contributed by atoms with Crippen molar-refractivity contribution >= 4 is 52.7 Å². The van der Waals surface area contributed by atoms with Crippen molar-refractivity contribution in [2.75, 3.05) is 33.7 Å². The van der Waals surface area contributed by atoms with Crippen LogP contribution in [0.25, 0.3) is 0 Å². The van der Waals surface area contributed by atoms with Crippen LogP contribution in [0.3, 0.4) is 0 Å². The van der Waals surface area contributed by atoms with Crippen LogP contribution in [0.4, 0.5) is 0 Å². The van der Waals surface area contributed by atoms with Crippen LogP contribution in [0.1, 0.15) is 99.7 Å². The maximum absolute atomic E-state index is 13.8. The van der Waals surface area contributed by atoms with E-state index in [1.165, 1.54) is 42.0 Å². The quantitative estimate of drug-likeness (QED) is 0.329. The summed E-state index contributed by atoms with van der Waals surface area (Å²) in [5.74, 6) is -3.64. The third-order valence-corrected chi connectivity index (χ3v) is 11.2. The predicted octanol–water partition coefficient (Wildman–Crippen LogP) is 2.18. The van der Waals surface area contributed by atoms with Crippen molar-refractivity contribution in [3.63, 3.8) is 0 Å². The highest BCUT2D eigenvalue weighted by Gasteiger charge is 2.31. The van der Waals surface area contributed by atoms with E-state index >= 15 is 0 Å². The van der Waals surface area contributed by atoms with Gasteiger partial charge in [-0.1, -0.05) is 63.4 Å². The Kier molecular flexibility index (Phi) is 15.7. The first-order chi connectivity index (χ1) is 26.1. The van der Waals surface area contributed by atoms with Crippen LogP contribution in [0.2, 0.25) is 0 Å². The third kappa shape index (κ3) is 12.3. The summed E-state index contributed by atoms with van der Waals surface area (Å²) in [5, 5.41) is 13.0. The van der Waals surface area contributed by atoms with E-state index in [1.54, 1.807) is 31.2 Å². The molecular formula is C39H56N8O7S. The van der Waals surface area contributed by atoms with Gasteiger partial charge in [0, 0.05) is 51.4 Å². The van der Waals surface area contributed by atoms with Gasteiger partial charge in [0.15, 0.2) is 0 Å². The number of nitrogens with one attached hydrogen (secondary N) is 4. The highest BCUT2D eigenvalue weighted by atomic mass is 32.1. The molecule has 0 saturated heterocycles. The minimum Gasteiger partial charge on any atom is -0.345 e. The van der Waals surface area contributed by atoms with Gasteiger partial charge in [-0.25, -0.2) is 4.98 Å². The molecule has 4 N–H and O–H groups in total. The monoisotopic (exact) mass is 780 g/mol. The van der Waals surface area contributed by atoms with Crippen molar-refractivity contribution in [3.05, 3.63) is 52.0 Å². The number of benzene rings is 1. The van der Waals surface area contributed by atoms with Crippen LogP contribution in [0, 0.1) is 5.92 Å². The number of aromatic nitrogens is 1. The number of rotatable bonds is 7. The first-order valence-corrected chi connectivity index (χ1v) is 20.0. The highest BCUT2D eigenvalue weighted by Crippen LogP contribution is 2.24. The molecule has 4 atom stereocenters. The fraction of sp³-hybridized carbons (Fsp3) is 0.590. The molecule has 4 rings (SSSR count). The minimum atomic E-state index is -1.03. The lowest BCUT2D eigenvalue weighted by Crippen LogP contribution is -2.57. The number of nitrogens with zero attached hydrogens (tertiary/aromatic N) is 4. The molecule has 0 unspecified atom stereocenters. The van der Waals surface area contributed by atoms with Gasteiger partial charge < -0.3 is 36.0 Å². The van der Waals surface area contributed by atoms with Crippen LogP contribution in [0.5, 0.6) is 0 Å². The van der Waals surface area contributed by atoms with Crippen LogP contribution >= 0.6 is 11.3 Å². The van der Waals surface area contributed by atoms with Crippen LogP contribution < -0.4 is 21.3 Å². The van der Waals surface area contributed by atoms with Crippen molar-refractivity contribution in [2.45, 2.75) is 109 Å². The van der Waals surface area contributed by atoms with Gasteiger partial charge in [-0.05, 0) is 44.6 Å². The molecule has 2 heterocycles. The summed E-state index contributed by atoms with van der Waals surface area (Å²) in [4.78, 5) is 103. The summed E-state index contributed by atoms with van der Waals surface area (Å²) in [6.45, 7) is 6.17. The summed E-state index contributed by atoms with van der Waals surface area (Å²) >= 11 is 1.17. The van der Waals surface area contributed by atoms with E-state index in [2.05, 4.69) is 26.3 Å². The molecule has 2 aromatic rings. The van der Waals surface area contributed by atoms with E-state index < -0.39 is 59.6 Å². The van der Waals surface area contributed by atoms with Crippen LogP contribution in [-0.4, -0.2) is 119 Å². The average Bonchev–Trinajstić information content (AvgIpc) is 3.67. The Balaban J connectivity index is 1.61.